The number of carbonyl (C=O) groups is 2. The van der Waals surface area contributed by atoms with Crippen LogP contribution in [0.2, 0.25) is 0 Å². The molecule has 1 unspecified atom stereocenters. The molecule has 2 aromatic heterocycles. The highest BCUT2D eigenvalue weighted by Gasteiger charge is 2.66. The molecule has 2 aliphatic rings. The largest absolute Gasteiger partial charge is 0.450 e. The van der Waals surface area contributed by atoms with Gasteiger partial charge in [0.1, 0.15) is 11.3 Å². The normalized spacial score (nSPS) is 18.1. The second kappa shape index (κ2) is 7.76. The molecule has 1 atom stereocenters. The molecule has 2 amide bonds. The van der Waals surface area contributed by atoms with Gasteiger partial charge in [-0.05, 0) is 37.6 Å². The molecule has 8 heteroatoms. The van der Waals surface area contributed by atoms with Crippen molar-refractivity contribution < 1.29 is 18.5 Å². The fraction of sp³-hybridized carbons (Fsp3) is 0.133. The molecular weight excluding hydrogens is 482 g/mol. The predicted octanol–water partition coefficient (Wildman–Crippen LogP) is 4.85. The molecule has 186 valence electrons. The van der Waals surface area contributed by atoms with E-state index in [0.29, 0.717) is 22.4 Å². The summed E-state index contributed by atoms with van der Waals surface area (Å²) in [5.41, 5.74) is 0.919. The number of para-hydroxylation sites is 1. The van der Waals surface area contributed by atoms with Crippen LogP contribution in [0.1, 0.15) is 38.6 Å². The number of hydrogen-bond acceptors (Lipinski definition) is 6. The van der Waals surface area contributed by atoms with Crippen molar-refractivity contribution in [3.8, 4) is 0 Å². The summed E-state index contributed by atoms with van der Waals surface area (Å²) < 4.78 is 11.4. The van der Waals surface area contributed by atoms with Gasteiger partial charge in [-0.2, -0.15) is 0 Å². The van der Waals surface area contributed by atoms with E-state index in [2.05, 4.69) is 5.16 Å². The lowest BCUT2D eigenvalue weighted by Crippen LogP contribution is -2.53. The lowest BCUT2D eigenvalue weighted by molar-refractivity contribution is -0.121. The molecule has 5 aromatic rings. The number of carbonyl (C=O) groups excluding carboxylic acids is 2. The average molecular weight is 504 g/mol. The molecular formula is C30H21N3O5. The maximum atomic E-state index is 14.7. The fourth-order valence-electron chi connectivity index (χ4n) is 5.70. The van der Waals surface area contributed by atoms with Crippen molar-refractivity contribution in [2.45, 2.75) is 25.9 Å². The number of anilines is 2. The molecule has 38 heavy (non-hydrogen) atoms. The summed E-state index contributed by atoms with van der Waals surface area (Å²) in [7, 11) is 0. The first-order valence-electron chi connectivity index (χ1n) is 12.2. The van der Waals surface area contributed by atoms with Crippen LogP contribution in [0.15, 0.2) is 92.6 Å². The molecule has 4 heterocycles. The minimum Gasteiger partial charge on any atom is -0.450 e. The van der Waals surface area contributed by atoms with Gasteiger partial charge < -0.3 is 13.8 Å². The fourth-order valence-corrected chi connectivity index (χ4v) is 5.70. The number of benzene rings is 3. The number of fused-ring (bicyclic) bond motifs is 5. The van der Waals surface area contributed by atoms with E-state index >= 15 is 0 Å². The van der Waals surface area contributed by atoms with E-state index in [1.807, 2.05) is 55.5 Å². The Kier molecular flexibility index (Phi) is 4.54. The number of amides is 2. The van der Waals surface area contributed by atoms with Crippen LogP contribution in [-0.4, -0.2) is 17.0 Å². The molecule has 0 saturated heterocycles. The minimum atomic E-state index is -1.81. The molecule has 0 bridgehead atoms. The zero-order valence-corrected chi connectivity index (χ0v) is 20.6. The average Bonchev–Trinajstić information content (AvgIpc) is 3.53. The van der Waals surface area contributed by atoms with Crippen molar-refractivity contribution in [1.82, 2.24) is 5.16 Å². The van der Waals surface area contributed by atoms with Gasteiger partial charge in [-0.3, -0.25) is 19.3 Å². The zero-order valence-electron chi connectivity index (χ0n) is 20.6. The number of rotatable bonds is 3. The molecule has 8 nitrogen and oxygen atoms in total. The number of aromatic nitrogens is 1. The summed E-state index contributed by atoms with van der Waals surface area (Å²) in [5, 5.41) is 4.40. The molecule has 0 N–H and O–H groups in total. The van der Waals surface area contributed by atoms with Gasteiger partial charge in [0.15, 0.2) is 16.8 Å². The summed E-state index contributed by atoms with van der Waals surface area (Å²) in [6.45, 7) is 3.82. The molecule has 2 aliphatic heterocycles. The van der Waals surface area contributed by atoms with Gasteiger partial charge in [0.2, 0.25) is 5.76 Å². The van der Waals surface area contributed by atoms with E-state index in [1.165, 1.54) is 4.90 Å². The van der Waals surface area contributed by atoms with Crippen LogP contribution < -0.4 is 15.2 Å². The number of hydrogen-bond donors (Lipinski definition) is 0. The highest BCUT2D eigenvalue weighted by molar-refractivity contribution is 6.24. The summed E-state index contributed by atoms with van der Waals surface area (Å²) in [6, 6.07) is 23.6. The third-order valence-corrected chi connectivity index (χ3v) is 7.31. The number of nitrogens with zero attached hydrogens (tertiary/aromatic N) is 3. The predicted molar refractivity (Wildman–Crippen MR) is 140 cm³/mol. The van der Waals surface area contributed by atoms with Crippen LogP contribution in [0.3, 0.4) is 0 Å². The Morgan fingerprint density at radius 3 is 2.42 bits per heavy atom. The van der Waals surface area contributed by atoms with E-state index < -0.39 is 22.8 Å². The van der Waals surface area contributed by atoms with Crippen LogP contribution in [0.25, 0.3) is 11.0 Å². The minimum absolute atomic E-state index is 0.00531. The highest BCUT2D eigenvalue weighted by Crippen LogP contribution is 2.54. The summed E-state index contributed by atoms with van der Waals surface area (Å²) in [5.74, 6) is -0.647. The van der Waals surface area contributed by atoms with Crippen molar-refractivity contribution in [1.29, 1.82) is 0 Å². The number of aryl methyl sites for hydroxylation is 2. The van der Waals surface area contributed by atoms with Gasteiger partial charge in [0.25, 0.3) is 11.8 Å². The molecule has 0 aliphatic carbocycles. The first-order chi connectivity index (χ1) is 18.4. The van der Waals surface area contributed by atoms with Crippen molar-refractivity contribution >= 4 is 34.3 Å². The van der Waals surface area contributed by atoms with E-state index in [9.17, 15) is 14.4 Å². The SMILES string of the molecule is Cc1ccc2oc3c(c(=O)c2c1)C1(C(=O)N(Cc2ccccc2)c2ccccc21)N(c1cc(C)on1)C3=O. The quantitative estimate of drug-likeness (QED) is 0.349. The van der Waals surface area contributed by atoms with Crippen LogP contribution in [0, 0.1) is 13.8 Å². The zero-order chi connectivity index (χ0) is 26.2. The molecule has 7 rings (SSSR count). The van der Waals surface area contributed by atoms with Gasteiger partial charge in [-0.15, -0.1) is 0 Å². The first kappa shape index (κ1) is 22.2. The van der Waals surface area contributed by atoms with Crippen molar-refractivity contribution in [2.75, 3.05) is 9.80 Å². The van der Waals surface area contributed by atoms with Crippen molar-refractivity contribution in [3.63, 3.8) is 0 Å². The molecule has 0 radical (unpaired) electrons. The Labute approximate surface area is 216 Å². The Morgan fingerprint density at radius 2 is 1.66 bits per heavy atom. The van der Waals surface area contributed by atoms with E-state index in [0.717, 1.165) is 11.1 Å². The van der Waals surface area contributed by atoms with Gasteiger partial charge >= 0.3 is 0 Å². The highest BCUT2D eigenvalue weighted by atomic mass is 16.5. The molecule has 1 spiro atoms. The monoisotopic (exact) mass is 503 g/mol. The molecule has 0 fully saturated rings. The third kappa shape index (κ3) is 2.79. The second-order valence-electron chi connectivity index (χ2n) is 9.68. The Balaban J connectivity index is 1.58. The van der Waals surface area contributed by atoms with Gasteiger partial charge in [-0.1, -0.05) is 65.3 Å². The summed E-state index contributed by atoms with van der Waals surface area (Å²) >= 11 is 0. The topological polar surface area (TPSA) is 96.9 Å². The maximum Gasteiger partial charge on any atom is 0.297 e. The first-order valence-corrected chi connectivity index (χ1v) is 12.2. The summed E-state index contributed by atoms with van der Waals surface area (Å²) in [6.07, 6.45) is 0. The van der Waals surface area contributed by atoms with Crippen LogP contribution >= 0.6 is 0 Å². The lowest BCUT2D eigenvalue weighted by atomic mass is 9.84. The van der Waals surface area contributed by atoms with Crippen LogP contribution in [0.4, 0.5) is 11.5 Å². The molecule has 3 aromatic carbocycles. The van der Waals surface area contributed by atoms with Crippen LogP contribution in [0.5, 0.6) is 0 Å². The van der Waals surface area contributed by atoms with Crippen molar-refractivity contribution in [2.24, 2.45) is 0 Å². The van der Waals surface area contributed by atoms with Gasteiger partial charge in [0.05, 0.1) is 23.2 Å². The van der Waals surface area contributed by atoms with Gasteiger partial charge in [0, 0.05) is 11.6 Å². The van der Waals surface area contributed by atoms with E-state index in [4.69, 9.17) is 8.94 Å². The third-order valence-electron chi connectivity index (χ3n) is 7.31. The van der Waals surface area contributed by atoms with E-state index in [1.54, 1.807) is 42.2 Å². The molecule has 0 saturated carbocycles. The standard InChI is InChI=1S/C30H21N3O5/c1-17-12-13-23-20(14-17)26(34)25-27(37-23)28(35)33(24-15-18(2)38-31-24)30(25)21-10-6-7-11-22(21)32(29(30)36)16-19-8-4-3-5-9-19/h3-15H,16H2,1-2H3. The van der Waals surface area contributed by atoms with E-state index in [-0.39, 0.29) is 29.3 Å². The summed E-state index contributed by atoms with van der Waals surface area (Å²) in [4.78, 5) is 45.9. The Morgan fingerprint density at radius 1 is 0.895 bits per heavy atom. The van der Waals surface area contributed by atoms with Crippen molar-refractivity contribution in [3.05, 3.63) is 123 Å². The second-order valence-corrected chi connectivity index (χ2v) is 9.68. The van der Waals surface area contributed by atoms with Gasteiger partial charge in [-0.25, -0.2) is 0 Å². The Bertz CT molecular complexity index is 1860. The van der Waals surface area contributed by atoms with Crippen LogP contribution in [-0.2, 0) is 16.9 Å². The maximum absolute atomic E-state index is 14.7. The Hall–Kier alpha value is -4.98. The smallest absolute Gasteiger partial charge is 0.297 e. The lowest BCUT2D eigenvalue weighted by Gasteiger charge is -2.32.